The van der Waals surface area contributed by atoms with Crippen LogP contribution in [0.5, 0.6) is 0 Å². The molecule has 0 aliphatic carbocycles. The zero-order valence-electron chi connectivity index (χ0n) is 15.0. The lowest BCUT2D eigenvalue weighted by atomic mass is 9.71. The molecule has 7 heteroatoms. The van der Waals surface area contributed by atoms with Gasteiger partial charge in [0.05, 0.1) is 18.7 Å². The van der Waals surface area contributed by atoms with Crippen molar-refractivity contribution in [1.82, 2.24) is 9.88 Å². The van der Waals surface area contributed by atoms with E-state index in [1.165, 1.54) is 7.11 Å². The first-order chi connectivity index (χ1) is 13.2. The number of para-hydroxylation sites is 1. The van der Waals surface area contributed by atoms with E-state index in [0.717, 1.165) is 11.3 Å². The summed E-state index contributed by atoms with van der Waals surface area (Å²) in [5.74, 6) is -0.299. The number of aliphatic hydroxyl groups is 1. The van der Waals surface area contributed by atoms with Crippen LogP contribution >= 0.6 is 0 Å². The van der Waals surface area contributed by atoms with Crippen LogP contribution in [-0.4, -0.2) is 65.8 Å². The summed E-state index contributed by atoms with van der Waals surface area (Å²) in [4.78, 5) is 32.9. The van der Waals surface area contributed by atoms with Crippen LogP contribution in [0.4, 0.5) is 5.69 Å². The Morgan fingerprint density at radius 2 is 1.96 bits per heavy atom. The van der Waals surface area contributed by atoms with Gasteiger partial charge in [0.25, 0.3) is 11.8 Å². The monoisotopic (exact) mass is 367 g/mol. The Labute approximate surface area is 157 Å². The standard InChI is InChI=1S/C20H21N3O4/c1-27-12-18(25)22-10-16-19(14-4-2-3-5-15(14)22)17(11-24)23(16)20(26)13-6-8-21-9-7-13/h2-9,16-17,19,24H,10-12H2,1H3/t16-,17+,19+/m0/s1. The lowest BCUT2D eigenvalue weighted by Crippen LogP contribution is -2.70. The molecule has 2 aliphatic rings. The summed E-state index contributed by atoms with van der Waals surface area (Å²) in [6.45, 7) is 0.239. The number of amides is 2. The van der Waals surface area contributed by atoms with Crippen molar-refractivity contribution in [2.45, 2.75) is 18.0 Å². The molecule has 0 bridgehead atoms. The van der Waals surface area contributed by atoms with Gasteiger partial charge in [-0.15, -0.1) is 0 Å². The number of likely N-dealkylation sites (tertiary alicyclic amines) is 1. The van der Waals surface area contributed by atoms with Crippen molar-refractivity contribution in [2.24, 2.45) is 0 Å². The number of methoxy groups -OCH3 is 1. The second-order valence-corrected chi connectivity index (χ2v) is 6.79. The number of carbonyl (C=O) groups is 2. The van der Waals surface area contributed by atoms with Crippen LogP contribution in [0, 0.1) is 0 Å². The molecule has 7 nitrogen and oxygen atoms in total. The second kappa shape index (κ2) is 7.09. The summed E-state index contributed by atoms with van der Waals surface area (Å²) in [6.07, 6.45) is 3.14. The van der Waals surface area contributed by atoms with Gasteiger partial charge in [0.2, 0.25) is 0 Å². The molecule has 1 saturated heterocycles. The van der Waals surface area contributed by atoms with Crippen molar-refractivity contribution in [3.05, 3.63) is 59.9 Å². The van der Waals surface area contributed by atoms with Gasteiger partial charge < -0.3 is 19.6 Å². The number of ether oxygens (including phenoxy) is 1. The van der Waals surface area contributed by atoms with E-state index in [1.54, 1.807) is 34.3 Å². The summed E-state index contributed by atoms with van der Waals surface area (Å²) in [5, 5.41) is 9.97. The van der Waals surface area contributed by atoms with Crippen LogP contribution in [0.15, 0.2) is 48.8 Å². The number of fused-ring (bicyclic) bond motifs is 3. The van der Waals surface area contributed by atoms with Crippen molar-refractivity contribution in [3.63, 3.8) is 0 Å². The molecule has 0 unspecified atom stereocenters. The number of carbonyl (C=O) groups excluding carboxylic acids is 2. The van der Waals surface area contributed by atoms with E-state index in [0.29, 0.717) is 12.1 Å². The number of aliphatic hydroxyl groups excluding tert-OH is 1. The fourth-order valence-corrected chi connectivity index (χ4v) is 4.25. The largest absolute Gasteiger partial charge is 0.394 e. The normalized spacial score (nSPS) is 23.3. The Bertz CT molecular complexity index is 857. The topological polar surface area (TPSA) is 83.0 Å². The van der Waals surface area contributed by atoms with E-state index in [2.05, 4.69) is 4.98 Å². The smallest absolute Gasteiger partial charge is 0.254 e. The van der Waals surface area contributed by atoms with Gasteiger partial charge in [0, 0.05) is 43.2 Å². The summed E-state index contributed by atoms with van der Waals surface area (Å²) >= 11 is 0. The average Bonchev–Trinajstić information content (AvgIpc) is 2.69. The van der Waals surface area contributed by atoms with E-state index in [1.807, 2.05) is 24.3 Å². The molecule has 1 aromatic heterocycles. The summed E-state index contributed by atoms with van der Waals surface area (Å²) < 4.78 is 5.02. The minimum atomic E-state index is -0.309. The van der Waals surface area contributed by atoms with Crippen molar-refractivity contribution in [1.29, 1.82) is 0 Å². The summed E-state index contributed by atoms with van der Waals surface area (Å²) in [6, 6.07) is 10.5. The number of benzene rings is 1. The zero-order chi connectivity index (χ0) is 19.0. The number of hydrogen-bond acceptors (Lipinski definition) is 5. The summed E-state index contributed by atoms with van der Waals surface area (Å²) in [7, 11) is 1.49. The van der Waals surface area contributed by atoms with Crippen molar-refractivity contribution < 1.29 is 19.4 Å². The number of anilines is 1. The van der Waals surface area contributed by atoms with Crippen molar-refractivity contribution in [3.8, 4) is 0 Å². The molecule has 140 valence electrons. The molecular weight excluding hydrogens is 346 g/mol. The molecule has 0 spiro atoms. The fourth-order valence-electron chi connectivity index (χ4n) is 4.25. The van der Waals surface area contributed by atoms with Gasteiger partial charge in [-0.1, -0.05) is 18.2 Å². The maximum Gasteiger partial charge on any atom is 0.254 e. The highest BCUT2D eigenvalue weighted by atomic mass is 16.5. The van der Waals surface area contributed by atoms with Gasteiger partial charge in [-0.3, -0.25) is 14.6 Å². The van der Waals surface area contributed by atoms with Gasteiger partial charge in [-0.05, 0) is 23.8 Å². The third kappa shape index (κ3) is 2.79. The molecule has 0 radical (unpaired) electrons. The Balaban J connectivity index is 1.70. The first-order valence-electron chi connectivity index (χ1n) is 8.89. The molecule has 1 aromatic carbocycles. The molecule has 2 amide bonds. The first kappa shape index (κ1) is 17.6. The number of rotatable bonds is 4. The average molecular weight is 367 g/mol. The van der Waals surface area contributed by atoms with Crippen molar-refractivity contribution in [2.75, 3.05) is 31.8 Å². The van der Waals surface area contributed by atoms with Crippen LogP contribution in [0.25, 0.3) is 0 Å². The first-order valence-corrected chi connectivity index (χ1v) is 8.89. The molecule has 27 heavy (non-hydrogen) atoms. The molecule has 1 fully saturated rings. The minimum Gasteiger partial charge on any atom is -0.394 e. The summed E-state index contributed by atoms with van der Waals surface area (Å²) in [5.41, 5.74) is 2.34. The van der Waals surface area contributed by atoms with Crippen LogP contribution in [0.1, 0.15) is 21.8 Å². The van der Waals surface area contributed by atoms with Crippen molar-refractivity contribution >= 4 is 17.5 Å². The second-order valence-electron chi connectivity index (χ2n) is 6.79. The van der Waals surface area contributed by atoms with Gasteiger partial charge in [0.15, 0.2) is 0 Å². The minimum absolute atomic E-state index is 0.00332. The molecule has 4 rings (SSSR count). The van der Waals surface area contributed by atoms with Crippen LogP contribution < -0.4 is 4.90 Å². The zero-order valence-corrected chi connectivity index (χ0v) is 15.0. The van der Waals surface area contributed by atoms with Gasteiger partial charge in [-0.25, -0.2) is 0 Å². The Hall–Kier alpha value is -2.77. The highest BCUT2D eigenvalue weighted by molar-refractivity contribution is 5.98. The highest BCUT2D eigenvalue weighted by Crippen LogP contribution is 2.48. The predicted octanol–water partition coefficient (Wildman–Crippen LogP) is 1.04. The number of nitrogens with zero attached hydrogens (tertiary/aromatic N) is 3. The molecule has 2 aliphatic heterocycles. The maximum absolute atomic E-state index is 13.0. The highest BCUT2D eigenvalue weighted by Gasteiger charge is 2.55. The third-order valence-corrected chi connectivity index (χ3v) is 5.42. The van der Waals surface area contributed by atoms with Crippen LogP contribution in [-0.2, 0) is 9.53 Å². The molecule has 0 saturated carbocycles. The van der Waals surface area contributed by atoms with E-state index in [4.69, 9.17) is 4.74 Å². The van der Waals surface area contributed by atoms with Crippen LogP contribution in [0.3, 0.4) is 0 Å². The quantitative estimate of drug-likeness (QED) is 0.873. The van der Waals surface area contributed by atoms with Gasteiger partial charge >= 0.3 is 0 Å². The lowest BCUT2D eigenvalue weighted by molar-refractivity contribution is -0.123. The van der Waals surface area contributed by atoms with Crippen LogP contribution in [0.2, 0.25) is 0 Å². The fraction of sp³-hybridized carbons (Fsp3) is 0.350. The lowest BCUT2D eigenvalue weighted by Gasteiger charge is -2.58. The van der Waals surface area contributed by atoms with E-state index in [-0.39, 0.29) is 43.0 Å². The number of hydrogen-bond donors (Lipinski definition) is 1. The Morgan fingerprint density at radius 3 is 2.67 bits per heavy atom. The molecule has 3 heterocycles. The molecule has 2 aromatic rings. The Kier molecular flexibility index (Phi) is 4.63. The Morgan fingerprint density at radius 1 is 1.22 bits per heavy atom. The molecule has 3 atom stereocenters. The number of pyridine rings is 1. The number of aromatic nitrogens is 1. The van der Waals surface area contributed by atoms with E-state index < -0.39 is 0 Å². The molecule has 1 N–H and O–H groups in total. The third-order valence-electron chi connectivity index (χ3n) is 5.42. The SMILES string of the molecule is COCC(=O)N1C[C@H]2[C@@H](c3ccccc31)[C@@H](CO)N2C(=O)c1ccncc1. The van der Waals surface area contributed by atoms with E-state index in [9.17, 15) is 14.7 Å². The molecular formula is C20H21N3O4. The van der Waals surface area contributed by atoms with E-state index >= 15 is 0 Å². The maximum atomic E-state index is 13.0. The van der Waals surface area contributed by atoms with Gasteiger partial charge in [0.1, 0.15) is 6.61 Å². The predicted molar refractivity (Wildman–Crippen MR) is 98.5 cm³/mol. The van der Waals surface area contributed by atoms with Gasteiger partial charge in [-0.2, -0.15) is 0 Å².